The number of nitrogens with zero attached hydrogens (tertiary/aromatic N) is 1. The Morgan fingerprint density at radius 3 is 2.46 bits per heavy atom. The van der Waals surface area contributed by atoms with Crippen LogP contribution in [0.25, 0.3) is 22.2 Å². The van der Waals surface area contributed by atoms with Crippen LogP contribution in [0.3, 0.4) is 0 Å². The average molecular weight is 477 g/mol. The minimum atomic E-state index is -0.453. The molecule has 2 saturated carbocycles. The molecule has 0 aliphatic heterocycles. The zero-order valence-electron chi connectivity index (χ0n) is 20.7. The summed E-state index contributed by atoms with van der Waals surface area (Å²) in [6.07, 6.45) is 6.80. The Balaban J connectivity index is 1.39. The van der Waals surface area contributed by atoms with Crippen molar-refractivity contribution >= 4 is 28.4 Å². The molecule has 0 saturated heterocycles. The number of fused-ring (bicyclic) bond motifs is 1. The molecule has 0 spiro atoms. The number of ether oxygens (including phenoxy) is 2. The maximum atomic E-state index is 11.9. The number of carbonyl (C=O) groups excluding carboxylic acids is 1. The number of carbonyl (C=O) groups is 1. The first-order valence-corrected chi connectivity index (χ1v) is 12.9. The fraction of sp³-hybridized carbons (Fsp3) is 0.464. The first-order chi connectivity index (χ1) is 17.0. The van der Waals surface area contributed by atoms with Crippen LogP contribution in [0.15, 0.2) is 42.5 Å². The standard InChI is InChI=1S/C28H36N4O3/c1-18(2)35-28(33)31-21-11-9-19(10-12-21)27-26(29)24-14-13-23(34-16-15-30-20-5-3-6-20)17-25(24)32(27)22-7-4-8-22/h9-14,17-18,20,22,30H,3-8,15-16,29H2,1-2H3,(H,31,33). The molecule has 2 aliphatic carbocycles. The van der Waals surface area contributed by atoms with Crippen LogP contribution in [-0.2, 0) is 4.74 Å². The fourth-order valence-electron chi connectivity index (χ4n) is 4.84. The predicted molar refractivity (Wildman–Crippen MR) is 141 cm³/mol. The van der Waals surface area contributed by atoms with Crippen LogP contribution in [0.5, 0.6) is 5.75 Å². The van der Waals surface area contributed by atoms with Crippen LogP contribution in [0, 0.1) is 0 Å². The van der Waals surface area contributed by atoms with Gasteiger partial charge in [0.15, 0.2) is 0 Å². The van der Waals surface area contributed by atoms with Gasteiger partial charge < -0.3 is 25.1 Å². The highest BCUT2D eigenvalue weighted by atomic mass is 16.6. The molecule has 4 N–H and O–H groups in total. The molecule has 35 heavy (non-hydrogen) atoms. The number of rotatable bonds is 9. The molecule has 7 heteroatoms. The summed E-state index contributed by atoms with van der Waals surface area (Å²) in [7, 11) is 0. The Kier molecular flexibility index (Phi) is 6.86. The molecule has 0 radical (unpaired) electrons. The van der Waals surface area contributed by atoms with E-state index in [-0.39, 0.29) is 6.10 Å². The van der Waals surface area contributed by atoms with Crippen molar-refractivity contribution < 1.29 is 14.3 Å². The van der Waals surface area contributed by atoms with Crippen molar-refractivity contribution in [1.82, 2.24) is 9.88 Å². The molecule has 1 amide bonds. The van der Waals surface area contributed by atoms with Gasteiger partial charge in [-0.3, -0.25) is 5.32 Å². The zero-order valence-corrected chi connectivity index (χ0v) is 20.7. The average Bonchev–Trinajstić information content (AvgIpc) is 3.03. The molecule has 2 aliphatic rings. The number of nitrogens with two attached hydrogens (primary N) is 1. The highest BCUT2D eigenvalue weighted by molar-refractivity contribution is 6.01. The van der Waals surface area contributed by atoms with Gasteiger partial charge in [0.1, 0.15) is 12.4 Å². The van der Waals surface area contributed by atoms with E-state index >= 15 is 0 Å². The van der Waals surface area contributed by atoms with Gasteiger partial charge >= 0.3 is 6.09 Å². The van der Waals surface area contributed by atoms with Crippen molar-refractivity contribution in [2.45, 2.75) is 70.6 Å². The van der Waals surface area contributed by atoms with Crippen LogP contribution < -0.4 is 21.1 Å². The Bertz CT molecular complexity index is 1180. The monoisotopic (exact) mass is 476 g/mol. The number of benzene rings is 2. The van der Waals surface area contributed by atoms with E-state index in [1.165, 1.54) is 25.7 Å². The van der Waals surface area contributed by atoms with E-state index in [0.717, 1.165) is 53.0 Å². The normalized spacial score (nSPS) is 16.2. The summed E-state index contributed by atoms with van der Waals surface area (Å²) in [4.78, 5) is 11.9. The summed E-state index contributed by atoms with van der Waals surface area (Å²) in [6, 6.07) is 15.1. The highest BCUT2D eigenvalue weighted by Crippen LogP contribution is 2.44. The lowest BCUT2D eigenvalue weighted by Gasteiger charge is -2.30. The maximum Gasteiger partial charge on any atom is 0.411 e. The number of amides is 1. The summed E-state index contributed by atoms with van der Waals surface area (Å²) in [5, 5.41) is 7.38. The lowest BCUT2D eigenvalue weighted by Crippen LogP contribution is -2.37. The van der Waals surface area contributed by atoms with Gasteiger partial charge in [-0.05, 0) is 70.2 Å². The van der Waals surface area contributed by atoms with Gasteiger partial charge in [-0.15, -0.1) is 0 Å². The largest absolute Gasteiger partial charge is 0.492 e. The van der Waals surface area contributed by atoms with Crippen molar-refractivity contribution in [3.63, 3.8) is 0 Å². The molecular weight excluding hydrogens is 440 g/mol. The summed E-state index contributed by atoms with van der Waals surface area (Å²) in [5.74, 6) is 0.876. The molecule has 1 heterocycles. The molecule has 3 aromatic rings. The number of hydrogen-bond acceptors (Lipinski definition) is 5. The quantitative estimate of drug-likeness (QED) is 0.325. The van der Waals surface area contributed by atoms with Crippen LogP contribution in [0.2, 0.25) is 0 Å². The van der Waals surface area contributed by atoms with Crippen molar-refractivity contribution in [3.05, 3.63) is 42.5 Å². The number of nitrogens with one attached hydrogen (secondary N) is 2. The van der Waals surface area contributed by atoms with E-state index in [9.17, 15) is 4.79 Å². The number of aromatic nitrogens is 1. The van der Waals surface area contributed by atoms with Crippen molar-refractivity contribution in [1.29, 1.82) is 0 Å². The second kappa shape index (κ2) is 10.2. The molecule has 0 bridgehead atoms. The van der Waals surface area contributed by atoms with Gasteiger partial charge in [-0.1, -0.05) is 18.6 Å². The molecule has 2 aromatic carbocycles. The Morgan fingerprint density at radius 2 is 1.83 bits per heavy atom. The van der Waals surface area contributed by atoms with Gasteiger partial charge in [0.05, 0.1) is 23.0 Å². The first-order valence-electron chi connectivity index (χ1n) is 12.9. The molecule has 2 fully saturated rings. The van der Waals surface area contributed by atoms with Crippen molar-refractivity contribution in [3.8, 4) is 17.0 Å². The van der Waals surface area contributed by atoms with E-state index in [4.69, 9.17) is 15.2 Å². The van der Waals surface area contributed by atoms with Crippen LogP contribution >= 0.6 is 0 Å². The topological polar surface area (TPSA) is 90.5 Å². The molecule has 7 nitrogen and oxygen atoms in total. The van der Waals surface area contributed by atoms with E-state index in [0.29, 0.717) is 24.4 Å². The summed E-state index contributed by atoms with van der Waals surface area (Å²) in [6.45, 7) is 5.17. The molecule has 0 atom stereocenters. The smallest absolute Gasteiger partial charge is 0.411 e. The number of hydrogen-bond donors (Lipinski definition) is 3. The van der Waals surface area contributed by atoms with Gasteiger partial charge in [-0.25, -0.2) is 4.79 Å². The third-order valence-electron chi connectivity index (χ3n) is 7.11. The lowest BCUT2D eigenvalue weighted by atomic mass is 9.92. The second-order valence-electron chi connectivity index (χ2n) is 9.98. The van der Waals surface area contributed by atoms with Gasteiger partial charge in [0.2, 0.25) is 0 Å². The zero-order chi connectivity index (χ0) is 24.4. The Hall–Kier alpha value is -3.19. The van der Waals surface area contributed by atoms with E-state index < -0.39 is 6.09 Å². The first kappa shape index (κ1) is 23.5. The lowest BCUT2D eigenvalue weighted by molar-refractivity contribution is 0.130. The second-order valence-corrected chi connectivity index (χ2v) is 9.98. The van der Waals surface area contributed by atoms with Gasteiger partial charge in [0, 0.05) is 41.3 Å². The maximum absolute atomic E-state index is 11.9. The summed E-state index contributed by atoms with van der Waals surface area (Å²) >= 11 is 0. The third-order valence-corrected chi connectivity index (χ3v) is 7.11. The van der Waals surface area contributed by atoms with Crippen LogP contribution in [-0.4, -0.2) is 36.0 Å². The fourth-order valence-corrected chi connectivity index (χ4v) is 4.84. The van der Waals surface area contributed by atoms with E-state index in [2.05, 4.69) is 27.3 Å². The molecule has 5 rings (SSSR count). The SMILES string of the molecule is CC(C)OC(=O)Nc1ccc(-c2c(N)c3ccc(OCCNC4CCC4)cc3n2C2CCC2)cc1. The Morgan fingerprint density at radius 1 is 1.09 bits per heavy atom. The molecule has 0 unspecified atom stereocenters. The van der Waals surface area contributed by atoms with E-state index in [1.807, 2.05) is 44.2 Å². The Labute approximate surface area is 207 Å². The van der Waals surface area contributed by atoms with Gasteiger partial charge in [0.25, 0.3) is 0 Å². The molecule has 1 aromatic heterocycles. The predicted octanol–water partition coefficient (Wildman–Crippen LogP) is 6.09. The third kappa shape index (κ3) is 5.10. The number of nitrogen functional groups attached to an aromatic ring is 1. The van der Waals surface area contributed by atoms with E-state index in [1.54, 1.807) is 0 Å². The number of anilines is 2. The van der Waals surface area contributed by atoms with Gasteiger partial charge in [-0.2, -0.15) is 0 Å². The van der Waals surface area contributed by atoms with Crippen molar-refractivity contribution in [2.24, 2.45) is 0 Å². The molecular formula is C28H36N4O3. The van der Waals surface area contributed by atoms with Crippen molar-refractivity contribution in [2.75, 3.05) is 24.2 Å². The van der Waals surface area contributed by atoms with Crippen LogP contribution in [0.4, 0.5) is 16.2 Å². The summed E-state index contributed by atoms with van der Waals surface area (Å²) in [5.41, 5.74) is 11.4. The minimum absolute atomic E-state index is 0.167. The minimum Gasteiger partial charge on any atom is -0.492 e. The van der Waals surface area contributed by atoms with Crippen LogP contribution in [0.1, 0.15) is 58.4 Å². The highest BCUT2D eigenvalue weighted by Gasteiger charge is 2.27. The molecule has 186 valence electrons. The summed E-state index contributed by atoms with van der Waals surface area (Å²) < 4.78 is 13.7.